The van der Waals surface area contributed by atoms with Crippen LogP contribution in [0.3, 0.4) is 0 Å². The van der Waals surface area contributed by atoms with Crippen molar-refractivity contribution in [1.29, 1.82) is 0 Å². The zero-order valence-corrected chi connectivity index (χ0v) is 44.3. The maximum absolute atomic E-state index is 13.9. The van der Waals surface area contributed by atoms with Gasteiger partial charge in [-0.1, -0.05) is 44.0 Å². The third kappa shape index (κ3) is 10.9. The Balaban J connectivity index is 0.000000174. The molecule has 6 aliphatic rings. The fourth-order valence-electron chi connectivity index (χ4n) is 8.92. The van der Waals surface area contributed by atoms with Crippen LogP contribution in [0.25, 0.3) is 0 Å². The van der Waals surface area contributed by atoms with E-state index in [1.165, 1.54) is 46.9 Å². The van der Waals surface area contributed by atoms with Crippen LogP contribution in [0.4, 0.5) is 8.78 Å². The van der Waals surface area contributed by atoms with Gasteiger partial charge in [-0.15, -0.1) is 22.7 Å². The Morgan fingerprint density at radius 3 is 1.41 bits per heavy atom. The van der Waals surface area contributed by atoms with Crippen molar-refractivity contribution in [2.45, 2.75) is 75.0 Å². The molecule has 6 heterocycles. The highest BCUT2D eigenvalue weighted by Crippen LogP contribution is 2.46. The van der Waals surface area contributed by atoms with E-state index in [-0.39, 0.29) is 48.6 Å². The number of sulfonamides is 2. The van der Waals surface area contributed by atoms with Gasteiger partial charge in [0.2, 0.25) is 20.0 Å². The van der Waals surface area contributed by atoms with Gasteiger partial charge in [0.05, 0.1) is 34.9 Å². The summed E-state index contributed by atoms with van der Waals surface area (Å²) in [4.78, 5) is 49.1. The molecule has 2 aliphatic carbocycles. The number of nitrogens with zero attached hydrogens (tertiary/aromatic N) is 6. The van der Waals surface area contributed by atoms with Crippen LogP contribution in [-0.2, 0) is 39.1 Å². The van der Waals surface area contributed by atoms with E-state index in [0.29, 0.717) is 105 Å². The fourth-order valence-corrected chi connectivity index (χ4v) is 14.3. The summed E-state index contributed by atoms with van der Waals surface area (Å²) in [7, 11) is -6.65. The zero-order chi connectivity index (χ0) is 49.5. The van der Waals surface area contributed by atoms with Crippen molar-refractivity contribution in [2.75, 3.05) is 39.4 Å². The summed E-state index contributed by atoms with van der Waals surface area (Å²) in [5, 5.41) is 4.48. The van der Waals surface area contributed by atoms with E-state index in [2.05, 4.69) is 51.3 Å². The average Bonchev–Trinajstić information content (AvgIpc) is 4.11. The molecule has 2 aromatic heterocycles. The molecule has 24 heteroatoms. The first-order valence-electron chi connectivity index (χ1n) is 22.7. The van der Waals surface area contributed by atoms with Crippen molar-refractivity contribution < 1.29 is 44.7 Å². The molecule has 372 valence electrons. The first-order valence-corrected chi connectivity index (χ1v) is 29.2. The quantitative estimate of drug-likeness (QED) is 0.105. The van der Waals surface area contributed by atoms with Crippen LogP contribution in [0, 0.1) is 23.5 Å². The molecule has 4 atom stereocenters. The standard InChI is InChI=1S/2C23H24BrFN4O4S2/c2*1-2-33-23(30)19-18-9-13(11-27-35(31,32)15-4-5-15)12-29(18)21(22-26-7-8-34-22)28-20(19)16-6-3-14(25)10-17(16)24/h2*3,6-8,10,13,15,20,27H,2,4-5,9,11-12H2,1H3/t13-,20+;13-,20-/m10/s1. The van der Waals surface area contributed by atoms with Crippen molar-refractivity contribution in [2.24, 2.45) is 21.8 Å². The monoisotopic (exact) mass is 1160 g/mol. The third-order valence-electron chi connectivity index (χ3n) is 12.5. The number of aromatic nitrogens is 2. The van der Waals surface area contributed by atoms with Gasteiger partial charge in [-0.3, -0.25) is 9.98 Å². The second kappa shape index (κ2) is 21.0. The molecule has 4 aliphatic heterocycles. The molecule has 2 aromatic carbocycles. The number of carbonyl (C=O) groups is 2. The van der Waals surface area contributed by atoms with E-state index in [0.717, 1.165) is 11.4 Å². The molecule has 0 spiro atoms. The molecule has 2 saturated carbocycles. The number of hydrogen-bond acceptors (Lipinski definition) is 16. The summed E-state index contributed by atoms with van der Waals surface area (Å²) < 4.78 is 94.6. The van der Waals surface area contributed by atoms with Gasteiger partial charge in [0.25, 0.3) is 0 Å². The first-order chi connectivity index (χ1) is 33.6. The highest BCUT2D eigenvalue weighted by atomic mass is 79.9. The number of carbonyl (C=O) groups excluding carboxylic acids is 2. The van der Waals surface area contributed by atoms with Gasteiger partial charge in [-0.05, 0) is 99.6 Å². The lowest BCUT2D eigenvalue weighted by atomic mass is 9.94. The van der Waals surface area contributed by atoms with E-state index in [4.69, 9.17) is 19.5 Å². The summed E-state index contributed by atoms with van der Waals surface area (Å²) in [6.07, 6.45) is 7.10. The molecule has 16 nitrogen and oxygen atoms in total. The third-order valence-corrected chi connectivity index (χ3v) is 19.3. The molecule has 4 fully saturated rings. The lowest BCUT2D eigenvalue weighted by Gasteiger charge is -2.32. The van der Waals surface area contributed by atoms with Crippen molar-refractivity contribution in [3.05, 3.63) is 124 Å². The molecular formula is C46H48Br2F2N8O8S4. The number of esters is 2. The summed E-state index contributed by atoms with van der Waals surface area (Å²) in [6, 6.07) is 7.13. The molecular weight excluding hydrogens is 1120 g/mol. The van der Waals surface area contributed by atoms with Crippen LogP contribution in [0.1, 0.15) is 85.6 Å². The molecule has 70 heavy (non-hydrogen) atoms. The van der Waals surface area contributed by atoms with Crippen molar-refractivity contribution >= 4 is 98.2 Å². The highest BCUT2D eigenvalue weighted by Gasteiger charge is 2.45. The lowest BCUT2D eigenvalue weighted by molar-refractivity contribution is -0.140. The summed E-state index contributed by atoms with van der Waals surface area (Å²) >= 11 is 9.72. The van der Waals surface area contributed by atoms with Gasteiger partial charge in [0, 0.05) is 69.7 Å². The molecule has 2 N–H and O–H groups in total. The summed E-state index contributed by atoms with van der Waals surface area (Å²) in [5.41, 5.74) is 3.50. The number of amidine groups is 2. The number of hydrogen-bond donors (Lipinski definition) is 2. The minimum atomic E-state index is -3.32. The molecule has 4 aromatic rings. The largest absolute Gasteiger partial charge is 0.463 e. The topological polar surface area (TPSA) is 202 Å². The predicted octanol–water partition coefficient (Wildman–Crippen LogP) is 7.53. The minimum Gasteiger partial charge on any atom is -0.463 e. The molecule has 0 bridgehead atoms. The number of aliphatic imine (C=N–C) groups is 2. The Kier molecular flexibility index (Phi) is 15.2. The Labute approximate surface area is 429 Å². The van der Waals surface area contributed by atoms with E-state index < -0.39 is 55.7 Å². The van der Waals surface area contributed by atoms with Crippen molar-refractivity contribution in [3.63, 3.8) is 0 Å². The summed E-state index contributed by atoms with van der Waals surface area (Å²) in [6.45, 7) is 5.38. The van der Waals surface area contributed by atoms with E-state index in [1.807, 2.05) is 20.6 Å². The SMILES string of the molecule is CCOC(=O)C1=C2C[C@@H](CNS(=O)(=O)C3CC3)CN2C(c2nccs2)=N[C@H]1c1ccc(F)cc1Br.CCOC(=O)C1=C2C[C@H](CNS(=O)(=O)C3CC3)CN2C(c2nccs2)=N[C@H]1c1ccc(F)cc1Br. The molecule has 2 saturated heterocycles. The van der Waals surface area contributed by atoms with Gasteiger partial charge in [-0.25, -0.2) is 54.6 Å². The second-order valence-corrected chi connectivity index (χ2v) is 25.0. The zero-order valence-electron chi connectivity index (χ0n) is 37.8. The van der Waals surface area contributed by atoms with Gasteiger partial charge in [0.15, 0.2) is 21.7 Å². The molecule has 0 amide bonds. The number of allylic oxidation sites excluding steroid dienone is 2. The molecule has 0 radical (unpaired) electrons. The maximum Gasteiger partial charge on any atom is 0.338 e. The van der Waals surface area contributed by atoms with Crippen LogP contribution >= 0.6 is 54.5 Å². The Morgan fingerprint density at radius 2 is 1.09 bits per heavy atom. The molecule has 0 unspecified atom stereocenters. The van der Waals surface area contributed by atoms with Crippen LogP contribution < -0.4 is 9.44 Å². The van der Waals surface area contributed by atoms with Gasteiger partial charge < -0.3 is 19.3 Å². The van der Waals surface area contributed by atoms with Gasteiger partial charge in [0.1, 0.15) is 23.7 Å². The number of ether oxygens (including phenoxy) is 2. The Morgan fingerprint density at radius 1 is 0.686 bits per heavy atom. The van der Waals surface area contributed by atoms with Gasteiger partial charge >= 0.3 is 11.9 Å². The lowest BCUT2D eigenvalue weighted by Crippen LogP contribution is -2.37. The second-order valence-electron chi connectivity index (χ2n) is 17.4. The first kappa shape index (κ1) is 50.6. The minimum absolute atomic E-state index is 0.0662. The van der Waals surface area contributed by atoms with Crippen LogP contribution in [0.5, 0.6) is 0 Å². The maximum atomic E-state index is 13.9. The normalized spacial score (nSPS) is 22.3. The highest BCUT2D eigenvalue weighted by molar-refractivity contribution is 9.10. The molecule has 10 rings (SSSR count). The number of benzene rings is 2. The number of thiazole rings is 2. The van der Waals surface area contributed by atoms with E-state index >= 15 is 0 Å². The number of fused-ring (bicyclic) bond motifs is 2. The number of nitrogens with one attached hydrogen (secondary N) is 2. The smallest absolute Gasteiger partial charge is 0.338 e. The Hall–Kier alpha value is -4.30. The van der Waals surface area contributed by atoms with Crippen molar-refractivity contribution in [3.8, 4) is 0 Å². The average molecular weight is 1170 g/mol. The van der Waals surface area contributed by atoms with E-state index in [9.17, 15) is 35.2 Å². The summed E-state index contributed by atoms with van der Waals surface area (Å²) in [5.74, 6) is -0.710. The van der Waals surface area contributed by atoms with Crippen LogP contribution in [-0.4, -0.2) is 110 Å². The fraction of sp³-hybridized carbons (Fsp3) is 0.435. The number of halogens is 4. The van der Waals surface area contributed by atoms with Crippen LogP contribution in [0.15, 0.2) is 101 Å². The predicted molar refractivity (Wildman–Crippen MR) is 268 cm³/mol. The van der Waals surface area contributed by atoms with Crippen molar-refractivity contribution in [1.82, 2.24) is 29.2 Å². The Bertz CT molecular complexity index is 2820. The van der Waals surface area contributed by atoms with Crippen LogP contribution in [0.2, 0.25) is 0 Å². The van der Waals surface area contributed by atoms with Gasteiger partial charge in [-0.2, -0.15) is 0 Å². The number of rotatable bonds is 16. The van der Waals surface area contributed by atoms with E-state index in [1.54, 1.807) is 38.4 Å².